The van der Waals surface area contributed by atoms with Crippen molar-refractivity contribution in [2.75, 3.05) is 0 Å². The van der Waals surface area contributed by atoms with E-state index in [-0.39, 0.29) is 15.6 Å². The number of carboxylic acid groups (broad SMARTS) is 1. The van der Waals surface area contributed by atoms with Crippen LogP contribution in [0.4, 0.5) is 4.39 Å². The van der Waals surface area contributed by atoms with E-state index in [0.29, 0.717) is 5.56 Å². The summed E-state index contributed by atoms with van der Waals surface area (Å²) in [5.74, 6) is -2.32. The number of nitrogens with zero attached hydrogens (tertiary/aromatic N) is 1. The summed E-state index contributed by atoms with van der Waals surface area (Å²) in [6.07, 6.45) is 1.58. The first kappa shape index (κ1) is 18.3. The van der Waals surface area contributed by atoms with Gasteiger partial charge in [-0.3, -0.25) is 9.69 Å². The lowest BCUT2D eigenvalue weighted by Gasteiger charge is -2.27. The van der Waals surface area contributed by atoms with Crippen molar-refractivity contribution in [1.82, 2.24) is 4.90 Å². The van der Waals surface area contributed by atoms with E-state index in [1.165, 1.54) is 24.3 Å². The van der Waals surface area contributed by atoms with Crippen LogP contribution in [0.3, 0.4) is 0 Å². The predicted molar refractivity (Wildman–Crippen MR) is 100 cm³/mol. The van der Waals surface area contributed by atoms with Gasteiger partial charge in [0.15, 0.2) is 0 Å². The largest absolute Gasteiger partial charge is 0.548 e. The molecule has 1 aliphatic rings. The Labute approximate surface area is 159 Å². The van der Waals surface area contributed by atoms with Gasteiger partial charge in [0.05, 0.1) is 16.9 Å². The maximum Gasteiger partial charge on any atom is 0.266 e. The number of thioether (sulfide) groups is 1. The molecule has 1 heterocycles. The molecular weight excluding hydrogens is 373 g/mol. The van der Waals surface area contributed by atoms with Gasteiger partial charge in [0.25, 0.3) is 5.91 Å². The maximum atomic E-state index is 13.3. The maximum absolute atomic E-state index is 13.3. The zero-order chi connectivity index (χ0) is 18.7. The van der Waals surface area contributed by atoms with Crippen LogP contribution >= 0.6 is 24.0 Å². The van der Waals surface area contributed by atoms with Gasteiger partial charge in [-0.2, -0.15) is 0 Å². The molecule has 0 radical (unpaired) electrons. The van der Waals surface area contributed by atoms with Crippen molar-refractivity contribution in [2.24, 2.45) is 0 Å². The molecule has 0 saturated carbocycles. The molecule has 1 atom stereocenters. The second-order valence-electron chi connectivity index (χ2n) is 5.63. The molecule has 3 rings (SSSR count). The van der Waals surface area contributed by atoms with E-state index < -0.39 is 23.7 Å². The molecule has 0 spiro atoms. The predicted octanol–water partition coefficient (Wildman–Crippen LogP) is 2.39. The molecule has 1 fully saturated rings. The van der Waals surface area contributed by atoms with Crippen LogP contribution in [0.25, 0.3) is 6.08 Å². The Morgan fingerprint density at radius 1 is 1.23 bits per heavy atom. The monoisotopic (exact) mass is 386 g/mol. The number of thiocarbonyl (C=S) groups is 1. The molecule has 0 bridgehead atoms. The van der Waals surface area contributed by atoms with Crippen LogP contribution in [0.1, 0.15) is 11.1 Å². The highest BCUT2D eigenvalue weighted by molar-refractivity contribution is 8.26. The zero-order valence-corrected chi connectivity index (χ0v) is 15.1. The quantitative estimate of drug-likeness (QED) is 0.583. The Bertz CT molecular complexity index is 899. The number of aliphatic carboxylic acids is 1. The van der Waals surface area contributed by atoms with Gasteiger partial charge in [-0.15, -0.1) is 0 Å². The second-order valence-corrected chi connectivity index (χ2v) is 7.31. The molecule has 7 heteroatoms. The van der Waals surface area contributed by atoms with Gasteiger partial charge in [0, 0.05) is 0 Å². The number of halogens is 1. The molecule has 0 aromatic heterocycles. The van der Waals surface area contributed by atoms with Crippen molar-refractivity contribution in [3.63, 3.8) is 0 Å². The Balaban J connectivity index is 1.88. The van der Waals surface area contributed by atoms with Crippen molar-refractivity contribution < 1.29 is 19.1 Å². The van der Waals surface area contributed by atoms with E-state index in [1.807, 2.05) is 6.07 Å². The number of carbonyl (C=O) groups is 2. The minimum atomic E-state index is -1.38. The van der Waals surface area contributed by atoms with E-state index in [9.17, 15) is 19.1 Å². The number of amides is 1. The summed E-state index contributed by atoms with van der Waals surface area (Å²) < 4.78 is 13.5. The Morgan fingerprint density at radius 2 is 1.96 bits per heavy atom. The smallest absolute Gasteiger partial charge is 0.266 e. The molecule has 132 valence electrons. The molecule has 0 N–H and O–H groups in total. The highest BCUT2D eigenvalue weighted by Gasteiger charge is 2.37. The first-order chi connectivity index (χ1) is 12.5. The fourth-order valence-corrected chi connectivity index (χ4v) is 3.97. The molecule has 1 amide bonds. The fraction of sp³-hybridized carbons (Fsp3) is 0.105. The van der Waals surface area contributed by atoms with E-state index in [0.717, 1.165) is 22.2 Å². The molecule has 0 unspecified atom stereocenters. The summed E-state index contributed by atoms with van der Waals surface area (Å²) in [6.45, 7) is 0. The third-order valence-electron chi connectivity index (χ3n) is 3.83. The Morgan fingerprint density at radius 3 is 2.62 bits per heavy atom. The first-order valence-electron chi connectivity index (χ1n) is 7.73. The average Bonchev–Trinajstić information content (AvgIpc) is 2.87. The molecule has 1 saturated heterocycles. The number of hydrogen-bond acceptors (Lipinski definition) is 5. The van der Waals surface area contributed by atoms with Gasteiger partial charge in [-0.1, -0.05) is 66.4 Å². The van der Waals surface area contributed by atoms with Gasteiger partial charge in [0.1, 0.15) is 10.1 Å². The van der Waals surface area contributed by atoms with Crippen LogP contribution in [0.5, 0.6) is 0 Å². The lowest BCUT2D eigenvalue weighted by Crippen LogP contribution is -2.51. The van der Waals surface area contributed by atoms with Crippen LogP contribution in [0, 0.1) is 5.82 Å². The zero-order valence-electron chi connectivity index (χ0n) is 13.4. The Hall–Kier alpha value is -2.51. The number of carbonyl (C=O) groups excluding carboxylic acids is 2. The first-order valence-corrected chi connectivity index (χ1v) is 8.95. The van der Waals surface area contributed by atoms with Crippen LogP contribution in [0.15, 0.2) is 59.5 Å². The van der Waals surface area contributed by atoms with Gasteiger partial charge in [-0.05, 0) is 35.8 Å². The summed E-state index contributed by atoms with van der Waals surface area (Å²) in [5, 5.41) is 11.6. The second kappa shape index (κ2) is 7.80. The molecule has 2 aromatic carbocycles. The number of benzene rings is 2. The Kier molecular flexibility index (Phi) is 5.49. The van der Waals surface area contributed by atoms with Crippen molar-refractivity contribution in [1.29, 1.82) is 0 Å². The summed E-state index contributed by atoms with van der Waals surface area (Å²) in [7, 11) is 0. The lowest BCUT2D eigenvalue weighted by molar-refractivity contribution is -0.310. The van der Waals surface area contributed by atoms with E-state index in [4.69, 9.17) is 12.2 Å². The average molecular weight is 386 g/mol. The van der Waals surface area contributed by atoms with Gasteiger partial charge < -0.3 is 9.90 Å². The number of carboxylic acids is 1. The lowest BCUT2D eigenvalue weighted by atomic mass is 10.0. The minimum Gasteiger partial charge on any atom is -0.548 e. The van der Waals surface area contributed by atoms with Crippen molar-refractivity contribution in [2.45, 2.75) is 12.5 Å². The van der Waals surface area contributed by atoms with E-state index in [1.54, 1.807) is 30.3 Å². The number of rotatable bonds is 5. The summed E-state index contributed by atoms with van der Waals surface area (Å²) in [6, 6.07) is 13.5. The van der Waals surface area contributed by atoms with E-state index >= 15 is 0 Å². The van der Waals surface area contributed by atoms with Crippen LogP contribution in [0.2, 0.25) is 0 Å². The van der Waals surface area contributed by atoms with E-state index in [2.05, 4.69) is 0 Å². The van der Waals surface area contributed by atoms with Gasteiger partial charge in [0.2, 0.25) is 0 Å². The molecule has 26 heavy (non-hydrogen) atoms. The third kappa shape index (κ3) is 4.00. The standard InChI is InChI=1S/C19H14FNO3S2/c20-14-8-4-7-13(9-14)11-16-17(22)21(19(25)26-16)15(18(23)24)10-12-5-2-1-3-6-12/h1-9,11,15H,10H2,(H,23,24)/p-1/b16-11-/t15-/m0/s1. The van der Waals surface area contributed by atoms with Crippen LogP contribution in [-0.4, -0.2) is 27.1 Å². The van der Waals surface area contributed by atoms with Crippen molar-refractivity contribution in [3.8, 4) is 0 Å². The van der Waals surface area contributed by atoms with Crippen LogP contribution < -0.4 is 5.11 Å². The highest BCUT2D eigenvalue weighted by atomic mass is 32.2. The van der Waals surface area contributed by atoms with Gasteiger partial charge in [-0.25, -0.2) is 4.39 Å². The SMILES string of the molecule is O=C([O-])[C@H](Cc1ccccc1)N1C(=O)/C(=C/c2cccc(F)c2)SC1=S. The fourth-order valence-electron chi connectivity index (χ4n) is 2.61. The summed E-state index contributed by atoms with van der Waals surface area (Å²) in [5.41, 5.74) is 1.25. The third-order valence-corrected chi connectivity index (χ3v) is 5.16. The van der Waals surface area contributed by atoms with Crippen LogP contribution in [-0.2, 0) is 16.0 Å². The normalized spacial score (nSPS) is 17.0. The molecule has 2 aromatic rings. The summed E-state index contributed by atoms with van der Waals surface area (Å²) >= 11 is 6.20. The molecule has 4 nitrogen and oxygen atoms in total. The molecule has 0 aliphatic carbocycles. The number of hydrogen-bond donors (Lipinski definition) is 0. The topological polar surface area (TPSA) is 60.4 Å². The van der Waals surface area contributed by atoms with Crippen molar-refractivity contribution >= 4 is 46.3 Å². The molecular formula is C19H13FNO3S2-. The van der Waals surface area contributed by atoms with Gasteiger partial charge >= 0.3 is 0 Å². The van der Waals surface area contributed by atoms with Crippen molar-refractivity contribution in [3.05, 3.63) is 76.4 Å². The molecule has 1 aliphatic heterocycles. The highest BCUT2D eigenvalue weighted by Crippen LogP contribution is 2.34. The minimum absolute atomic E-state index is 0.0862. The summed E-state index contributed by atoms with van der Waals surface area (Å²) in [4.78, 5) is 25.7.